The minimum absolute atomic E-state index is 0.246. The van der Waals surface area contributed by atoms with E-state index in [1.807, 2.05) is 12.1 Å². The second kappa shape index (κ2) is 7.51. The Balaban J connectivity index is 2.12. The van der Waals surface area contributed by atoms with Gasteiger partial charge >= 0.3 is 0 Å². The molecule has 0 aliphatic heterocycles. The van der Waals surface area contributed by atoms with Gasteiger partial charge in [0, 0.05) is 22.6 Å². The Hall–Kier alpha value is -1.72. The molecule has 0 spiro atoms. The Labute approximate surface area is 142 Å². The molecule has 1 N–H and O–H groups in total. The van der Waals surface area contributed by atoms with Crippen molar-refractivity contribution >= 4 is 33.4 Å². The van der Waals surface area contributed by atoms with E-state index < -0.39 is 0 Å². The fourth-order valence-corrected chi connectivity index (χ4v) is 2.50. The molecule has 116 valence electrons. The molecule has 0 unspecified atom stereocenters. The van der Waals surface area contributed by atoms with Crippen LogP contribution in [0.1, 0.15) is 15.9 Å². The normalized spacial score (nSPS) is 10.2. The second-order valence-electron chi connectivity index (χ2n) is 4.48. The highest BCUT2D eigenvalue weighted by Gasteiger charge is 2.12. The number of methoxy groups -OCH3 is 2. The van der Waals surface area contributed by atoms with Crippen molar-refractivity contribution in [2.45, 2.75) is 6.54 Å². The van der Waals surface area contributed by atoms with Crippen LogP contribution in [0.2, 0.25) is 5.02 Å². The molecule has 0 atom stereocenters. The average Bonchev–Trinajstić information content (AvgIpc) is 2.54. The number of hydrogen-bond donors (Lipinski definition) is 1. The summed E-state index contributed by atoms with van der Waals surface area (Å²) < 4.78 is 11.2. The summed E-state index contributed by atoms with van der Waals surface area (Å²) >= 11 is 9.37. The van der Waals surface area contributed by atoms with Crippen LogP contribution < -0.4 is 14.8 Å². The summed E-state index contributed by atoms with van der Waals surface area (Å²) in [6, 6.07) is 10.6. The van der Waals surface area contributed by atoms with Crippen LogP contribution in [-0.4, -0.2) is 20.1 Å². The standard InChI is InChI=1S/C16H15BrClNO3/c1-21-12-5-3-10(15(8-12)22-2)9-19-16(20)13-7-11(17)4-6-14(13)18/h3-8H,9H2,1-2H3,(H,19,20). The Morgan fingerprint density at radius 3 is 2.64 bits per heavy atom. The van der Waals surface area contributed by atoms with E-state index in [2.05, 4.69) is 21.2 Å². The Morgan fingerprint density at radius 1 is 1.18 bits per heavy atom. The maximum atomic E-state index is 12.2. The number of rotatable bonds is 5. The van der Waals surface area contributed by atoms with Crippen molar-refractivity contribution < 1.29 is 14.3 Å². The van der Waals surface area contributed by atoms with Gasteiger partial charge in [0.05, 0.1) is 24.8 Å². The van der Waals surface area contributed by atoms with Crippen LogP contribution in [0.5, 0.6) is 11.5 Å². The highest BCUT2D eigenvalue weighted by Crippen LogP contribution is 2.25. The zero-order valence-electron chi connectivity index (χ0n) is 12.2. The van der Waals surface area contributed by atoms with E-state index in [1.54, 1.807) is 38.5 Å². The van der Waals surface area contributed by atoms with E-state index in [0.717, 1.165) is 10.0 Å². The quantitative estimate of drug-likeness (QED) is 0.846. The summed E-state index contributed by atoms with van der Waals surface area (Å²) in [6.45, 7) is 0.328. The molecule has 0 heterocycles. The van der Waals surface area contributed by atoms with Crippen LogP contribution in [0.4, 0.5) is 0 Å². The maximum Gasteiger partial charge on any atom is 0.253 e. The van der Waals surface area contributed by atoms with Crippen LogP contribution in [-0.2, 0) is 6.54 Å². The average molecular weight is 385 g/mol. The molecule has 0 aliphatic rings. The molecule has 22 heavy (non-hydrogen) atoms. The molecule has 0 aliphatic carbocycles. The van der Waals surface area contributed by atoms with Crippen LogP contribution in [0.15, 0.2) is 40.9 Å². The summed E-state index contributed by atoms with van der Waals surface area (Å²) in [7, 11) is 3.16. The van der Waals surface area contributed by atoms with Gasteiger partial charge in [-0.1, -0.05) is 27.5 Å². The predicted molar refractivity (Wildman–Crippen MR) is 89.9 cm³/mol. The van der Waals surface area contributed by atoms with Gasteiger partial charge in [0.1, 0.15) is 11.5 Å². The van der Waals surface area contributed by atoms with E-state index in [4.69, 9.17) is 21.1 Å². The van der Waals surface area contributed by atoms with Gasteiger partial charge in [0.25, 0.3) is 5.91 Å². The van der Waals surface area contributed by atoms with Crippen LogP contribution >= 0.6 is 27.5 Å². The lowest BCUT2D eigenvalue weighted by molar-refractivity contribution is 0.0951. The molecule has 2 aromatic carbocycles. The van der Waals surface area contributed by atoms with Crippen LogP contribution in [0.25, 0.3) is 0 Å². The van der Waals surface area contributed by atoms with Gasteiger partial charge in [-0.2, -0.15) is 0 Å². The highest BCUT2D eigenvalue weighted by molar-refractivity contribution is 9.10. The number of carbonyl (C=O) groups is 1. The van der Waals surface area contributed by atoms with E-state index >= 15 is 0 Å². The SMILES string of the molecule is COc1ccc(CNC(=O)c2cc(Br)ccc2Cl)c(OC)c1. The summed E-state index contributed by atoms with van der Waals surface area (Å²) in [5.41, 5.74) is 1.27. The van der Waals surface area contributed by atoms with Gasteiger partial charge in [0.2, 0.25) is 0 Å². The molecule has 0 saturated heterocycles. The monoisotopic (exact) mass is 383 g/mol. The molecule has 2 rings (SSSR count). The fraction of sp³-hybridized carbons (Fsp3) is 0.188. The third-order valence-corrected chi connectivity index (χ3v) is 3.93. The largest absolute Gasteiger partial charge is 0.497 e. The van der Waals surface area contributed by atoms with Crippen molar-refractivity contribution in [3.63, 3.8) is 0 Å². The van der Waals surface area contributed by atoms with Gasteiger partial charge in [-0.3, -0.25) is 4.79 Å². The summed E-state index contributed by atoms with van der Waals surface area (Å²) in [6.07, 6.45) is 0. The number of carbonyl (C=O) groups excluding carboxylic acids is 1. The third kappa shape index (κ3) is 3.93. The molecule has 4 nitrogen and oxygen atoms in total. The molecule has 1 amide bonds. The lowest BCUT2D eigenvalue weighted by atomic mass is 10.1. The van der Waals surface area contributed by atoms with Crippen molar-refractivity contribution in [3.8, 4) is 11.5 Å². The Kier molecular flexibility index (Phi) is 5.69. The number of hydrogen-bond acceptors (Lipinski definition) is 3. The first kappa shape index (κ1) is 16.6. The lowest BCUT2D eigenvalue weighted by Gasteiger charge is -2.12. The number of benzene rings is 2. The van der Waals surface area contributed by atoms with E-state index in [9.17, 15) is 4.79 Å². The van der Waals surface area contributed by atoms with E-state index in [0.29, 0.717) is 28.6 Å². The number of amides is 1. The Morgan fingerprint density at radius 2 is 1.95 bits per heavy atom. The predicted octanol–water partition coefficient (Wildman–Crippen LogP) is 4.05. The van der Waals surface area contributed by atoms with Crippen molar-refractivity contribution in [1.29, 1.82) is 0 Å². The number of ether oxygens (including phenoxy) is 2. The molecule has 0 aromatic heterocycles. The van der Waals surface area contributed by atoms with E-state index in [-0.39, 0.29) is 5.91 Å². The topological polar surface area (TPSA) is 47.6 Å². The van der Waals surface area contributed by atoms with Gasteiger partial charge in [0.15, 0.2) is 0 Å². The molecule has 0 saturated carbocycles. The van der Waals surface area contributed by atoms with Crippen molar-refractivity contribution in [2.24, 2.45) is 0 Å². The van der Waals surface area contributed by atoms with Crippen molar-refractivity contribution in [1.82, 2.24) is 5.32 Å². The van der Waals surface area contributed by atoms with Crippen molar-refractivity contribution in [2.75, 3.05) is 14.2 Å². The fourth-order valence-electron chi connectivity index (χ4n) is 1.94. The number of nitrogens with one attached hydrogen (secondary N) is 1. The molecule has 0 radical (unpaired) electrons. The third-order valence-electron chi connectivity index (χ3n) is 3.11. The summed E-state index contributed by atoms with van der Waals surface area (Å²) in [5.74, 6) is 1.10. The first-order chi connectivity index (χ1) is 10.5. The maximum absolute atomic E-state index is 12.2. The lowest BCUT2D eigenvalue weighted by Crippen LogP contribution is -2.23. The van der Waals surface area contributed by atoms with Crippen molar-refractivity contribution in [3.05, 3.63) is 57.0 Å². The van der Waals surface area contributed by atoms with Gasteiger partial charge in [-0.15, -0.1) is 0 Å². The van der Waals surface area contributed by atoms with Gasteiger partial charge < -0.3 is 14.8 Å². The van der Waals surface area contributed by atoms with E-state index in [1.165, 1.54) is 0 Å². The summed E-state index contributed by atoms with van der Waals surface area (Å²) in [4.78, 5) is 12.2. The Bertz CT molecular complexity index is 691. The highest BCUT2D eigenvalue weighted by atomic mass is 79.9. The smallest absolute Gasteiger partial charge is 0.253 e. The molecule has 6 heteroatoms. The second-order valence-corrected chi connectivity index (χ2v) is 5.81. The van der Waals surface area contributed by atoms with Gasteiger partial charge in [-0.25, -0.2) is 0 Å². The minimum Gasteiger partial charge on any atom is -0.497 e. The van der Waals surface area contributed by atoms with Crippen LogP contribution in [0.3, 0.4) is 0 Å². The molecule has 2 aromatic rings. The minimum atomic E-state index is -0.246. The first-order valence-corrected chi connectivity index (χ1v) is 7.66. The molecular weight excluding hydrogens is 370 g/mol. The van der Waals surface area contributed by atoms with Gasteiger partial charge in [-0.05, 0) is 30.3 Å². The zero-order valence-corrected chi connectivity index (χ0v) is 14.5. The number of halogens is 2. The molecule has 0 fully saturated rings. The summed E-state index contributed by atoms with van der Waals surface area (Å²) in [5, 5.41) is 3.24. The zero-order chi connectivity index (χ0) is 16.1. The molecule has 0 bridgehead atoms. The molecular formula is C16H15BrClNO3. The first-order valence-electron chi connectivity index (χ1n) is 6.49. The van der Waals surface area contributed by atoms with Crippen LogP contribution in [0, 0.1) is 0 Å².